The van der Waals surface area contributed by atoms with Gasteiger partial charge in [-0.2, -0.15) is 13.2 Å². The van der Waals surface area contributed by atoms with Gasteiger partial charge < -0.3 is 15.5 Å². The van der Waals surface area contributed by atoms with E-state index in [4.69, 9.17) is 5.11 Å². The van der Waals surface area contributed by atoms with E-state index in [1.54, 1.807) is 12.1 Å². The maximum absolute atomic E-state index is 12.9. The third-order valence-electron chi connectivity index (χ3n) is 5.16. The number of anilines is 1. The van der Waals surface area contributed by atoms with Crippen LogP contribution in [0.5, 0.6) is 5.75 Å². The van der Waals surface area contributed by atoms with Crippen molar-refractivity contribution < 1.29 is 28.2 Å². The summed E-state index contributed by atoms with van der Waals surface area (Å²) in [5, 5.41) is 31.3. The van der Waals surface area contributed by atoms with Crippen LogP contribution in [0, 0.1) is 0 Å². The predicted octanol–water partition coefficient (Wildman–Crippen LogP) is 2.77. The number of nitrogens with zero attached hydrogens (tertiary/aromatic N) is 5. The molecular weight excluding hydrogens is 429 g/mol. The van der Waals surface area contributed by atoms with Gasteiger partial charge in [0.05, 0.1) is 12.1 Å². The lowest BCUT2D eigenvalue weighted by Crippen LogP contribution is -2.44. The average Bonchev–Trinajstić information content (AvgIpc) is 2.73. The molecule has 9 nitrogen and oxygen atoms in total. The number of aliphatic carboxylic acids is 1. The summed E-state index contributed by atoms with van der Waals surface area (Å²) in [5.74, 6) is -1.17. The molecule has 0 radical (unpaired) electrons. The lowest BCUT2D eigenvalue weighted by molar-refractivity contribution is -0.139. The number of hydrogen-bond donors (Lipinski definition) is 3. The number of rotatable bonds is 5. The molecule has 0 spiro atoms. The number of hydrogen-bond acceptors (Lipinski definition) is 8. The van der Waals surface area contributed by atoms with E-state index in [1.807, 2.05) is 4.90 Å². The zero-order valence-electron chi connectivity index (χ0n) is 16.7. The van der Waals surface area contributed by atoms with E-state index in [0.29, 0.717) is 42.1 Å². The number of nitrogens with one attached hydrogen (secondary N) is 1. The Morgan fingerprint density at radius 2 is 2.06 bits per heavy atom. The van der Waals surface area contributed by atoms with Gasteiger partial charge in [-0.25, -0.2) is 4.98 Å². The molecule has 0 amide bonds. The third kappa shape index (κ3) is 4.54. The van der Waals surface area contributed by atoms with Crippen molar-refractivity contribution in [1.82, 2.24) is 25.1 Å². The second kappa shape index (κ2) is 8.54. The van der Waals surface area contributed by atoms with Gasteiger partial charge in [-0.15, -0.1) is 10.2 Å². The summed E-state index contributed by atoms with van der Waals surface area (Å²) in [6.07, 6.45) is -0.903. The van der Waals surface area contributed by atoms with Gasteiger partial charge in [0.1, 0.15) is 22.7 Å². The Kier molecular flexibility index (Phi) is 5.78. The maximum Gasteiger partial charge on any atom is 0.418 e. The van der Waals surface area contributed by atoms with Gasteiger partial charge in [-0.3, -0.25) is 14.7 Å². The molecular formula is C20H19F3N6O3. The average molecular weight is 448 g/mol. The molecule has 0 aromatic carbocycles. The molecule has 1 aliphatic heterocycles. The van der Waals surface area contributed by atoms with Crippen LogP contribution < -0.4 is 5.32 Å². The van der Waals surface area contributed by atoms with Crippen molar-refractivity contribution in [2.75, 3.05) is 25.0 Å². The van der Waals surface area contributed by atoms with E-state index in [0.717, 1.165) is 12.8 Å². The smallest absolute Gasteiger partial charge is 0.418 e. The van der Waals surface area contributed by atoms with Crippen LogP contribution in [0.2, 0.25) is 0 Å². The van der Waals surface area contributed by atoms with Crippen molar-refractivity contribution in [1.29, 1.82) is 0 Å². The van der Waals surface area contributed by atoms with E-state index in [2.05, 4.69) is 25.5 Å². The van der Waals surface area contributed by atoms with Crippen LogP contribution in [0.15, 0.2) is 30.6 Å². The van der Waals surface area contributed by atoms with Crippen LogP contribution in [-0.2, 0) is 11.0 Å². The molecule has 168 valence electrons. The topological polar surface area (TPSA) is 124 Å². The van der Waals surface area contributed by atoms with Crippen LogP contribution in [0.25, 0.3) is 22.3 Å². The van der Waals surface area contributed by atoms with Crippen molar-refractivity contribution in [2.45, 2.75) is 25.1 Å². The van der Waals surface area contributed by atoms with E-state index in [1.165, 1.54) is 6.20 Å². The second-order valence-corrected chi connectivity index (χ2v) is 7.50. The monoisotopic (exact) mass is 448 g/mol. The van der Waals surface area contributed by atoms with E-state index >= 15 is 0 Å². The van der Waals surface area contributed by atoms with Crippen molar-refractivity contribution in [3.8, 4) is 17.1 Å². The van der Waals surface area contributed by atoms with Gasteiger partial charge >= 0.3 is 12.1 Å². The zero-order valence-corrected chi connectivity index (χ0v) is 16.7. The Labute approximate surface area is 179 Å². The summed E-state index contributed by atoms with van der Waals surface area (Å²) in [7, 11) is 0. The fourth-order valence-corrected chi connectivity index (χ4v) is 3.74. The molecule has 0 saturated carbocycles. The highest BCUT2D eigenvalue weighted by Gasteiger charge is 2.32. The number of aromatic hydroxyl groups is 1. The van der Waals surface area contributed by atoms with Crippen molar-refractivity contribution in [3.63, 3.8) is 0 Å². The fourth-order valence-electron chi connectivity index (χ4n) is 3.74. The number of halogens is 3. The predicted molar refractivity (Wildman–Crippen MR) is 108 cm³/mol. The van der Waals surface area contributed by atoms with Crippen LogP contribution in [0.1, 0.15) is 18.4 Å². The summed E-state index contributed by atoms with van der Waals surface area (Å²) in [4.78, 5) is 20.9. The number of likely N-dealkylation sites (tertiary alicyclic amines) is 1. The Balaban J connectivity index is 1.66. The summed E-state index contributed by atoms with van der Waals surface area (Å²) >= 11 is 0. The highest BCUT2D eigenvalue weighted by molar-refractivity contribution is 5.97. The Hall–Kier alpha value is -3.54. The SMILES string of the molecule is O=C(O)CN1CCCC(Nc2nnc(-c3ncc(C(F)(F)F)cc3O)c3ncccc23)C1. The standard InChI is InChI=1S/C20H19F3N6O3/c21-20(22,23)11-7-14(30)17(25-8-11)18-16-13(4-1-5-24-16)19(28-27-18)26-12-3-2-6-29(9-12)10-15(31)32/h1,4-5,7-8,12,30H,2-3,6,9-10H2,(H,26,28)(H,31,32). The van der Waals surface area contributed by atoms with Crippen molar-refractivity contribution in [2.24, 2.45) is 0 Å². The number of piperidine rings is 1. The molecule has 1 atom stereocenters. The third-order valence-corrected chi connectivity index (χ3v) is 5.16. The summed E-state index contributed by atoms with van der Waals surface area (Å²) in [6.45, 7) is 1.15. The molecule has 1 unspecified atom stereocenters. The number of carboxylic acid groups (broad SMARTS) is 1. The second-order valence-electron chi connectivity index (χ2n) is 7.50. The first kappa shape index (κ1) is 21.7. The molecule has 1 aliphatic rings. The Morgan fingerprint density at radius 1 is 1.25 bits per heavy atom. The lowest BCUT2D eigenvalue weighted by atomic mass is 10.1. The van der Waals surface area contributed by atoms with Gasteiger partial charge in [-0.1, -0.05) is 0 Å². The zero-order chi connectivity index (χ0) is 22.9. The number of pyridine rings is 2. The van der Waals surface area contributed by atoms with Crippen molar-refractivity contribution in [3.05, 3.63) is 36.2 Å². The number of aromatic nitrogens is 4. The van der Waals surface area contributed by atoms with Gasteiger partial charge in [-0.05, 0) is 37.6 Å². The normalized spacial score (nSPS) is 17.4. The van der Waals surface area contributed by atoms with Crippen LogP contribution >= 0.6 is 0 Å². The molecule has 1 fully saturated rings. The van der Waals surface area contributed by atoms with Gasteiger partial charge in [0.2, 0.25) is 0 Å². The van der Waals surface area contributed by atoms with Crippen LogP contribution in [-0.4, -0.2) is 66.9 Å². The molecule has 0 bridgehead atoms. The highest BCUT2D eigenvalue weighted by atomic mass is 19.4. The number of carboxylic acids is 1. The maximum atomic E-state index is 12.9. The lowest BCUT2D eigenvalue weighted by Gasteiger charge is -2.32. The number of fused-ring (bicyclic) bond motifs is 1. The summed E-state index contributed by atoms with van der Waals surface area (Å²) in [6, 6.07) is 3.92. The van der Waals surface area contributed by atoms with Gasteiger partial charge in [0.25, 0.3) is 0 Å². The van der Waals surface area contributed by atoms with Crippen LogP contribution in [0.3, 0.4) is 0 Å². The van der Waals surface area contributed by atoms with Gasteiger partial charge in [0.15, 0.2) is 5.82 Å². The molecule has 12 heteroatoms. The summed E-state index contributed by atoms with van der Waals surface area (Å²) < 4.78 is 38.7. The van der Waals surface area contributed by atoms with Crippen LogP contribution in [0.4, 0.5) is 19.0 Å². The molecule has 4 heterocycles. The number of alkyl halides is 3. The molecule has 32 heavy (non-hydrogen) atoms. The van der Waals surface area contributed by atoms with Crippen molar-refractivity contribution >= 4 is 22.7 Å². The Morgan fingerprint density at radius 3 is 2.78 bits per heavy atom. The quantitative estimate of drug-likeness (QED) is 0.540. The molecule has 3 aromatic rings. The minimum atomic E-state index is -4.64. The van der Waals surface area contributed by atoms with Gasteiger partial charge in [0, 0.05) is 30.4 Å². The molecule has 1 saturated heterocycles. The number of carbonyl (C=O) groups is 1. The molecule has 4 rings (SSSR count). The highest BCUT2D eigenvalue weighted by Crippen LogP contribution is 2.36. The molecule has 3 aromatic heterocycles. The molecule has 0 aliphatic carbocycles. The first-order valence-corrected chi connectivity index (χ1v) is 9.81. The minimum Gasteiger partial charge on any atom is -0.506 e. The molecule has 3 N–H and O–H groups in total. The largest absolute Gasteiger partial charge is 0.506 e. The minimum absolute atomic E-state index is 0.0496. The van der Waals surface area contributed by atoms with E-state index < -0.39 is 23.5 Å². The first-order valence-electron chi connectivity index (χ1n) is 9.81. The first-order chi connectivity index (χ1) is 15.2. The fraction of sp³-hybridized carbons (Fsp3) is 0.350. The summed E-state index contributed by atoms with van der Waals surface area (Å²) in [5.41, 5.74) is -0.879. The Bertz CT molecular complexity index is 1160. The van der Waals surface area contributed by atoms with E-state index in [-0.39, 0.29) is 24.0 Å². The van der Waals surface area contributed by atoms with E-state index in [9.17, 15) is 23.1 Å².